The lowest BCUT2D eigenvalue weighted by molar-refractivity contribution is -0.136. The molecule has 0 radical (unpaired) electrons. The van der Waals surface area contributed by atoms with Gasteiger partial charge < -0.3 is 19.5 Å². The van der Waals surface area contributed by atoms with Crippen LogP contribution in [0.1, 0.15) is 18.5 Å². The number of hydrogen-bond acceptors (Lipinski definition) is 8. The molecule has 1 N–H and O–H groups in total. The minimum atomic E-state index is -0.538. The Bertz CT molecular complexity index is 814. The maximum absolute atomic E-state index is 12.3. The molecule has 1 aromatic heterocycles. The largest absolute Gasteiger partial charge is 0.493 e. The number of ether oxygens (including phenoxy) is 3. The zero-order valence-electron chi connectivity index (χ0n) is 13.7. The van der Waals surface area contributed by atoms with Crippen LogP contribution in [0.2, 0.25) is 0 Å². The first-order valence-corrected chi connectivity index (χ1v) is 7.16. The standard InChI is InChI=1S/C15H17N5O4/c1-8-12(14(21)24-4)13(20-15(16-8)17-18-19-20)9-5-6-10(22-2)11(7-9)23-3/h5-7,13H,1-4H3,(H,16,17,19). The van der Waals surface area contributed by atoms with Crippen LogP contribution < -0.4 is 14.8 Å². The number of nitrogens with one attached hydrogen (secondary N) is 1. The van der Waals surface area contributed by atoms with Crippen LogP contribution in [-0.2, 0) is 9.53 Å². The zero-order chi connectivity index (χ0) is 17.3. The summed E-state index contributed by atoms with van der Waals surface area (Å²) in [4.78, 5) is 12.3. The second-order valence-corrected chi connectivity index (χ2v) is 5.12. The van der Waals surface area contributed by atoms with E-state index in [0.717, 1.165) is 5.56 Å². The molecule has 9 nitrogen and oxygen atoms in total. The molecule has 126 valence electrons. The van der Waals surface area contributed by atoms with E-state index in [1.54, 1.807) is 33.3 Å². The highest BCUT2D eigenvalue weighted by atomic mass is 16.5. The van der Waals surface area contributed by atoms with E-state index >= 15 is 0 Å². The number of rotatable bonds is 4. The molecule has 1 atom stereocenters. The van der Waals surface area contributed by atoms with Crippen molar-refractivity contribution in [2.75, 3.05) is 26.6 Å². The summed E-state index contributed by atoms with van der Waals surface area (Å²) >= 11 is 0. The topological polar surface area (TPSA) is 100 Å². The van der Waals surface area contributed by atoms with Crippen molar-refractivity contribution >= 4 is 11.9 Å². The number of anilines is 1. The van der Waals surface area contributed by atoms with Crippen LogP contribution in [-0.4, -0.2) is 47.5 Å². The quantitative estimate of drug-likeness (QED) is 0.833. The third kappa shape index (κ3) is 2.43. The number of allylic oxidation sites excluding steroid dienone is 1. The molecule has 0 aliphatic carbocycles. The summed E-state index contributed by atoms with van der Waals surface area (Å²) in [6.07, 6.45) is 0. The number of aromatic nitrogens is 4. The Kier molecular flexibility index (Phi) is 4.07. The first kappa shape index (κ1) is 15.8. The first-order valence-electron chi connectivity index (χ1n) is 7.16. The summed E-state index contributed by atoms with van der Waals surface area (Å²) in [7, 11) is 4.45. The monoisotopic (exact) mass is 331 g/mol. The average Bonchev–Trinajstić information content (AvgIpc) is 3.07. The molecule has 0 saturated heterocycles. The number of carbonyl (C=O) groups excluding carboxylic acids is 1. The Labute approximate surface area is 138 Å². The Hall–Kier alpha value is -3.10. The summed E-state index contributed by atoms with van der Waals surface area (Å²) in [6, 6.07) is 4.85. The van der Waals surface area contributed by atoms with Gasteiger partial charge in [-0.25, -0.2) is 4.79 Å². The molecule has 24 heavy (non-hydrogen) atoms. The van der Waals surface area contributed by atoms with Crippen LogP contribution >= 0.6 is 0 Å². The third-order valence-electron chi connectivity index (χ3n) is 3.84. The highest BCUT2D eigenvalue weighted by Gasteiger charge is 2.35. The number of tetrazole rings is 1. The average molecular weight is 331 g/mol. The first-order chi connectivity index (χ1) is 11.6. The fraction of sp³-hybridized carbons (Fsp3) is 0.333. The maximum Gasteiger partial charge on any atom is 0.338 e. The number of nitrogens with zero attached hydrogens (tertiary/aromatic N) is 4. The summed E-state index contributed by atoms with van der Waals surface area (Å²) in [5.74, 6) is 1.12. The zero-order valence-corrected chi connectivity index (χ0v) is 13.7. The van der Waals surface area contributed by atoms with Gasteiger partial charge in [-0.1, -0.05) is 11.2 Å². The summed E-state index contributed by atoms with van der Waals surface area (Å²) < 4.78 is 17.1. The van der Waals surface area contributed by atoms with E-state index in [-0.39, 0.29) is 0 Å². The summed E-state index contributed by atoms with van der Waals surface area (Å²) in [6.45, 7) is 1.78. The second-order valence-electron chi connectivity index (χ2n) is 5.12. The van der Waals surface area contributed by atoms with Crippen molar-refractivity contribution in [3.05, 3.63) is 35.0 Å². The van der Waals surface area contributed by atoms with Gasteiger partial charge in [0.05, 0.1) is 26.9 Å². The summed E-state index contributed by atoms with van der Waals surface area (Å²) in [5, 5.41) is 14.6. The molecule has 2 heterocycles. The van der Waals surface area contributed by atoms with E-state index in [2.05, 4.69) is 20.8 Å². The molecule has 0 amide bonds. The van der Waals surface area contributed by atoms with Crippen molar-refractivity contribution in [1.82, 2.24) is 20.2 Å². The van der Waals surface area contributed by atoms with E-state index in [1.807, 2.05) is 6.07 Å². The third-order valence-corrected chi connectivity index (χ3v) is 3.84. The number of carbonyl (C=O) groups is 1. The van der Waals surface area contributed by atoms with Crippen molar-refractivity contribution in [2.45, 2.75) is 13.0 Å². The Morgan fingerprint density at radius 1 is 1.21 bits per heavy atom. The van der Waals surface area contributed by atoms with Gasteiger partial charge in [-0.3, -0.25) is 0 Å². The fourth-order valence-electron chi connectivity index (χ4n) is 2.72. The smallest absolute Gasteiger partial charge is 0.338 e. The Morgan fingerprint density at radius 2 is 1.96 bits per heavy atom. The molecule has 9 heteroatoms. The molecule has 0 saturated carbocycles. The van der Waals surface area contributed by atoms with Crippen LogP contribution in [0.15, 0.2) is 29.5 Å². The molecule has 1 unspecified atom stereocenters. The molecule has 0 fully saturated rings. The van der Waals surface area contributed by atoms with Gasteiger partial charge in [-0.05, 0) is 35.0 Å². The van der Waals surface area contributed by atoms with E-state index < -0.39 is 12.0 Å². The Balaban J connectivity index is 2.18. The lowest BCUT2D eigenvalue weighted by Gasteiger charge is -2.27. The lowest BCUT2D eigenvalue weighted by atomic mass is 9.95. The molecule has 2 aromatic rings. The fourth-order valence-corrected chi connectivity index (χ4v) is 2.72. The normalized spacial score (nSPS) is 16.2. The minimum absolute atomic E-state index is 0.421. The minimum Gasteiger partial charge on any atom is -0.493 e. The number of hydrogen-bond donors (Lipinski definition) is 1. The molecular weight excluding hydrogens is 314 g/mol. The van der Waals surface area contributed by atoms with Crippen molar-refractivity contribution in [1.29, 1.82) is 0 Å². The molecular formula is C15H17N5O4. The summed E-state index contributed by atoms with van der Waals surface area (Å²) in [5.41, 5.74) is 1.82. The van der Waals surface area contributed by atoms with Crippen molar-refractivity contribution in [3.63, 3.8) is 0 Å². The van der Waals surface area contributed by atoms with Gasteiger partial charge in [0.1, 0.15) is 6.04 Å². The predicted molar refractivity (Wildman–Crippen MR) is 83.8 cm³/mol. The van der Waals surface area contributed by atoms with Crippen molar-refractivity contribution < 1.29 is 19.0 Å². The van der Waals surface area contributed by atoms with Gasteiger partial charge in [-0.15, -0.1) is 0 Å². The second kappa shape index (κ2) is 6.19. The van der Waals surface area contributed by atoms with Gasteiger partial charge in [0, 0.05) is 5.70 Å². The van der Waals surface area contributed by atoms with Gasteiger partial charge in [0.15, 0.2) is 11.5 Å². The predicted octanol–water partition coefficient (Wildman–Crippen LogP) is 1.15. The molecule has 0 bridgehead atoms. The molecule has 1 aliphatic heterocycles. The SMILES string of the molecule is COC(=O)C1=C(C)Nc2nnnn2C1c1ccc(OC)c(OC)c1. The van der Waals surface area contributed by atoms with Crippen molar-refractivity contribution in [2.24, 2.45) is 0 Å². The van der Waals surface area contributed by atoms with E-state index in [0.29, 0.717) is 28.7 Å². The molecule has 0 spiro atoms. The number of benzene rings is 1. The molecule has 1 aliphatic rings. The lowest BCUT2D eigenvalue weighted by Crippen LogP contribution is -2.29. The molecule has 3 rings (SSSR count). The highest BCUT2D eigenvalue weighted by molar-refractivity contribution is 5.92. The maximum atomic E-state index is 12.3. The van der Waals surface area contributed by atoms with Gasteiger partial charge in [-0.2, -0.15) is 4.68 Å². The van der Waals surface area contributed by atoms with Gasteiger partial charge in [0.25, 0.3) is 0 Å². The molecule has 1 aromatic carbocycles. The van der Waals surface area contributed by atoms with E-state index in [9.17, 15) is 4.79 Å². The highest BCUT2D eigenvalue weighted by Crippen LogP contribution is 2.38. The van der Waals surface area contributed by atoms with Crippen LogP contribution in [0, 0.1) is 0 Å². The number of methoxy groups -OCH3 is 3. The Morgan fingerprint density at radius 3 is 2.62 bits per heavy atom. The van der Waals surface area contributed by atoms with Crippen molar-refractivity contribution in [3.8, 4) is 11.5 Å². The number of fused-ring (bicyclic) bond motifs is 1. The van der Waals surface area contributed by atoms with Crippen LogP contribution in [0.5, 0.6) is 11.5 Å². The van der Waals surface area contributed by atoms with Gasteiger partial charge in [0.2, 0.25) is 5.95 Å². The van der Waals surface area contributed by atoms with Crippen LogP contribution in [0.25, 0.3) is 0 Å². The van der Waals surface area contributed by atoms with E-state index in [4.69, 9.17) is 14.2 Å². The van der Waals surface area contributed by atoms with Crippen LogP contribution in [0.4, 0.5) is 5.95 Å². The number of esters is 1. The van der Waals surface area contributed by atoms with Gasteiger partial charge >= 0.3 is 5.97 Å². The van der Waals surface area contributed by atoms with E-state index in [1.165, 1.54) is 11.8 Å². The van der Waals surface area contributed by atoms with Crippen LogP contribution in [0.3, 0.4) is 0 Å².